The maximum atomic E-state index is 12.4. The molecule has 0 saturated heterocycles. The van der Waals surface area contributed by atoms with Crippen LogP contribution in [0.25, 0.3) is 0 Å². The van der Waals surface area contributed by atoms with Gasteiger partial charge in [0, 0.05) is 6.07 Å². The second-order valence-electron chi connectivity index (χ2n) is 4.88. The Balaban J connectivity index is 2.46. The molecule has 2 N–H and O–H groups in total. The number of rotatable bonds is 3. The molecule has 0 atom stereocenters. The van der Waals surface area contributed by atoms with Crippen molar-refractivity contribution < 1.29 is 18.6 Å². The monoisotopic (exact) mass is 292 g/mol. The predicted octanol–water partition coefficient (Wildman–Crippen LogP) is 3.05. The predicted molar refractivity (Wildman–Crippen MR) is 75.8 cm³/mol. The van der Waals surface area contributed by atoms with Gasteiger partial charge in [-0.25, -0.2) is 8.42 Å². The summed E-state index contributed by atoms with van der Waals surface area (Å²) in [5.74, 6) is -0.478. The van der Waals surface area contributed by atoms with Gasteiger partial charge in [0.25, 0.3) is 0 Å². The third-order valence-electron chi connectivity index (χ3n) is 3.11. The number of benzene rings is 2. The van der Waals surface area contributed by atoms with Crippen LogP contribution in [0.4, 0.5) is 0 Å². The van der Waals surface area contributed by atoms with Gasteiger partial charge in [-0.2, -0.15) is 0 Å². The minimum absolute atomic E-state index is 0.0508. The molecule has 20 heavy (non-hydrogen) atoms. The summed E-state index contributed by atoms with van der Waals surface area (Å²) in [6.07, 6.45) is 0. The molecule has 0 aliphatic rings. The van der Waals surface area contributed by atoms with Crippen LogP contribution in [0.5, 0.6) is 11.5 Å². The maximum absolute atomic E-state index is 12.4. The summed E-state index contributed by atoms with van der Waals surface area (Å²) in [4.78, 5) is 0.108. The van der Waals surface area contributed by atoms with Crippen molar-refractivity contribution in [2.45, 2.75) is 29.6 Å². The molecule has 0 aliphatic heterocycles. The number of phenols is 2. The van der Waals surface area contributed by atoms with Gasteiger partial charge in [0.2, 0.25) is 9.84 Å². The Morgan fingerprint density at radius 2 is 1.40 bits per heavy atom. The van der Waals surface area contributed by atoms with E-state index in [1.54, 1.807) is 24.3 Å². The zero-order valence-corrected chi connectivity index (χ0v) is 12.1. The number of hydrogen-bond acceptors (Lipinski definition) is 4. The molecule has 0 bridgehead atoms. The van der Waals surface area contributed by atoms with E-state index in [4.69, 9.17) is 0 Å². The second kappa shape index (κ2) is 5.17. The highest BCUT2D eigenvalue weighted by molar-refractivity contribution is 7.91. The number of hydrogen-bond donors (Lipinski definition) is 2. The van der Waals surface area contributed by atoms with Crippen LogP contribution >= 0.6 is 0 Å². The van der Waals surface area contributed by atoms with Gasteiger partial charge in [-0.15, -0.1) is 0 Å². The summed E-state index contributed by atoms with van der Waals surface area (Å²) in [6.45, 7) is 4.06. The van der Waals surface area contributed by atoms with E-state index in [9.17, 15) is 18.6 Å². The van der Waals surface area contributed by atoms with Gasteiger partial charge in [-0.05, 0) is 35.7 Å². The van der Waals surface area contributed by atoms with Crippen LogP contribution in [-0.2, 0) is 9.84 Å². The lowest BCUT2D eigenvalue weighted by Crippen LogP contribution is -2.02. The van der Waals surface area contributed by atoms with Crippen LogP contribution in [0.1, 0.15) is 25.3 Å². The largest absolute Gasteiger partial charge is 0.504 e. The lowest BCUT2D eigenvalue weighted by atomic mass is 10.0. The third kappa shape index (κ3) is 2.63. The Hall–Kier alpha value is -2.01. The first kappa shape index (κ1) is 14.4. The first-order valence-corrected chi connectivity index (χ1v) is 7.67. The Morgan fingerprint density at radius 1 is 0.850 bits per heavy atom. The maximum Gasteiger partial charge on any atom is 0.206 e. The van der Waals surface area contributed by atoms with Gasteiger partial charge in [0.1, 0.15) is 0 Å². The summed E-state index contributed by atoms with van der Waals surface area (Å²) in [6, 6.07) is 10.1. The van der Waals surface area contributed by atoms with E-state index in [2.05, 4.69) is 0 Å². The van der Waals surface area contributed by atoms with Crippen molar-refractivity contribution in [1.29, 1.82) is 0 Å². The minimum atomic E-state index is -3.69. The van der Waals surface area contributed by atoms with Gasteiger partial charge >= 0.3 is 0 Å². The van der Waals surface area contributed by atoms with E-state index < -0.39 is 15.6 Å². The van der Waals surface area contributed by atoms with Crippen molar-refractivity contribution in [3.8, 4) is 11.5 Å². The molecule has 0 fully saturated rings. The van der Waals surface area contributed by atoms with E-state index in [1.165, 1.54) is 6.07 Å². The van der Waals surface area contributed by atoms with Crippen LogP contribution in [0.15, 0.2) is 52.3 Å². The molecular formula is C15H16O4S. The standard InChI is InChI=1S/C15H16O4S/c1-10(2)11-3-5-12(6-4-11)20(18,19)13-7-8-14(16)15(17)9-13/h3-10,16-17H,1-2H3. The summed E-state index contributed by atoms with van der Waals surface area (Å²) in [5.41, 5.74) is 1.05. The first-order valence-electron chi connectivity index (χ1n) is 6.19. The molecule has 0 aromatic heterocycles. The number of aromatic hydroxyl groups is 2. The number of sulfone groups is 1. The smallest absolute Gasteiger partial charge is 0.206 e. The van der Waals surface area contributed by atoms with Crippen LogP contribution in [0.2, 0.25) is 0 Å². The molecule has 0 unspecified atom stereocenters. The lowest BCUT2D eigenvalue weighted by Gasteiger charge is -2.08. The molecule has 106 valence electrons. The molecular weight excluding hydrogens is 276 g/mol. The first-order chi connectivity index (χ1) is 9.32. The molecule has 0 saturated carbocycles. The van der Waals surface area contributed by atoms with Gasteiger partial charge in [0.15, 0.2) is 11.5 Å². The normalized spacial score (nSPS) is 11.8. The molecule has 4 nitrogen and oxygen atoms in total. The Bertz CT molecular complexity index is 716. The fraction of sp³-hybridized carbons (Fsp3) is 0.200. The van der Waals surface area contributed by atoms with Crippen molar-refractivity contribution in [3.05, 3.63) is 48.0 Å². The van der Waals surface area contributed by atoms with E-state index in [0.29, 0.717) is 5.92 Å². The zero-order chi connectivity index (χ0) is 14.9. The fourth-order valence-corrected chi connectivity index (χ4v) is 3.12. The summed E-state index contributed by atoms with van der Waals surface area (Å²) in [7, 11) is -3.69. The summed E-state index contributed by atoms with van der Waals surface area (Å²) < 4.78 is 24.8. The second-order valence-corrected chi connectivity index (χ2v) is 6.83. The van der Waals surface area contributed by atoms with E-state index in [1.807, 2.05) is 13.8 Å². The van der Waals surface area contributed by atoms with E-state index in [-0.39, 0.29) is 15.5 Å². The molecule has 2 aromatic rings. The Morgan fingerprint density at radius 3 is 1.90 bits per heavy atom. The highest BCUT2D eigenvalue weighted by Crippen LogP contribution is 2.30. The molecule has 0 spiro atoms. The lowest BCUT2D eigenvalue weighted by molar-refractivity contribution is 0.402. The van der Waals surface area contributed by atoms with Gasteiger partial charge < -0.3 is 10.2 Å². The van der Waals surface area contributed by atoms with Crippen molar-refractivity contribution in [1.82, 2.24) is 0 Å². The number of phenolic OH excluding ortho intramolecular Hbond substituents is 2. The highest BCUT2D eigenvalue weighted by atomic mass is 32.2. The Kier molecular flexibility index (Phi) is 3.72. The van der Waals surface area contributed by atoms with Crippen molar-refractivity contribution in [2.75, 3.05) is 0 Å². The van der Waals surface area contributed by atoms with Crippen LogP contribution in [0.3, 0.4) is 0 Å². The Labute approximate surface area is 118 Å². The molecule has 0 heterocycles. The van der Waals surface area contributed by atoms with Crippen LogP contribution < -0.4 is 0 Å². The fourth-order valence-electron chi connectivity index (χ4n) is 1.84. The quantitative estimate of drug-likeness (QED) is 0.853. The SMILES string of the molecule is CC(C)c1ccc(S(=O)(=O)c2ccc(O)c(O)c2)cc1. The summed E-state index contributed by atoms with van der Waals surface area (Å²) >= 11 is 0. The average molecular weight is 292 g/mol. The van der Waals surface area contributed by atoms with Crippen molar-refractivity contribution in [2.24, 2.45) is 0 Å². The third-order valence-corrected chi connectivity index (χ3v) is 4.88. The molecule has 0 amide bonds. The molecule has 5 heteroatoms. The van der Waals surface area contributed by atoms with Gasteiger partial charge in [-0.3, -0.25) is 0 Å². The van der Waals surface area contributed by atoms with E-state index >= 15 is 0 Å². The van der Waals surface area contributed by atoms with Gasteiger partial charge in [-0.1, -0.05) is 26.0 Å². The van der Waals surface area contributed by atoms with Crippen molar-refractivity contribution >= 4 is 9.84 Å². The highest BCUT2D eigenvalue weighted by Gasteiger charge is 2.19. The molecule has 0 aliphatic carbocycles. The zero-order valence-electron chi connectivity index (χ0n) is 11.2. The average Bonchev–Trinajstić information content (AvgIpc) is 2.41. The van der Waals surface area contributed by atoms with Crippen LogP contribution in [0, 0.1) is 0 Å². The molecule has 0 radical (unpaired) electrons. The summed E-state index contributed by atoms with van der Waals surface area (Å²) in [5, 5.41) is 18.6. The minimum Gasteiger partial charge on any atom is -0.504 e. The topological polar surface area (TPSA) is 74.6 Å². The van der Waals surface area contributed by atoms with Crippen LogP contribution in [-0.4, -0.2) is 18.6 Å². The molecule has 2 aromatic carbocycles. The van der Waals surface area contributed by atoms with Crippen molar-refractivity contribution in [3.63, 3.8) is 0 Å². The van der Waals surface area contributed by atoms with E-state index in [0.717, 1.165) is 17.7 Å². The van der Waals surface area contributed by atoms with Gasteiger partial charge in [0.05, 0.1) is 9.79 Å². The molecule has 2 rings (SSSR count).